The Hall–Kier alpha value is -2.78. The molecule has 158 valence electrons. The number of anilines is 1. The zero-order valence-electron chi connectivity index (χ0n) is 16.1. The molecule has 0 bridgehead atoms. The van der Waals surface area contributed by atoms with Crippen LogP contribution in [-0.4, -0.2) is 31.6 Å². The summed E-state index contributed by atoms with van der Waals surface area (Å²) in [6, 6.07) is 11.2. The van der Waals surface area contributed by atoms with E-state index >= 15 is 0 Å². The van der Waals surface area contributed by atoms with Crippen molar-refractivity contribution in [3.63, 3.8) is 0 Å². The van der Waals surface area contributed by atoms with E-state index in [9.17, 15) is 17.2 Å². The molecule has 1 aliphatic rings. The van der Waals surface area contributed by atoms with E-state index in [0.29, 0.717) is 6.54 Å². The molecule has 4 rings (SSSR count). The predicted molar refractivity (Wildman–Crippen MR) is 107 cm³/mol. The Labute approximate surface area is 173 Å². The lowest BCUT2D eigenvalue weighted by atomic mass is 10.1. The van der Waals surface area contributed by atoms with Gasteiger partial charge in [-0.05, 0) is 42.8 Å². The van der Waals surface area contributed by atoms with Crippen molar-refractivity contribution in [2.45, 2.75) is 30.2 Å². The molecule has 0 aliphatic carbocycles. The Bertz CT molecular complexity index is 1110. The lowest BCUT2D eigenvalue weighted by Gasteiger charge is -2.31. The standard InChI is InChI=1S/C21H21F2N3O3S/c22-19-10-18(11-20(23)21(19)30(27,28)14-17-6-9-29-25-17)24-12-15-4-1-2-5-16(15)13-26-7-3-8-26/h1-2,4-6,9-11,24H,3,7-8,12-14H2. The number of nitrogens with zero attached hydrogens (tertiary/aromatic N) is 2. The monoisotopic (exact) mass is 433 g/mol. The van der Waals surface area contributed by atoms with Crippen LogP contribution in [0.3, 0.4) is 0 Å². The van der Waals surface area contributed by atoms with Gasteiger partial charge < -0.3 is 9.84 Å². The fourth-order valence-electron chi connectivity index (χ4n) is 3.40. The first kappa shape index (κ1) is 20.5. The molecular formula is C21H21F2N3O3S. The number of hydrogen-bond acceptors (Lipinski definition) is 6. The van der Waals surface area contributed by atoms with Crippen molar-refractivity contribution in [2.75, 3.05) is 18.4 Å². The van der Waals surface area contributed by atoms with Crippen LogP contribution < -0.4 is 5.32 Å². The fraction of sp³-hybridized carbons (Fsp3) is 0.286. The van der Waals surface area contributed by atoms with E-state index in [0.717, 1.165) is 42.9 Å². The summed E-state index contributed by atoms with van der Waals surface area (Å²) in [5, 5.41) is 6.49. The van der Waals surface area contributed by atoms with Gasteiger partial charge in [0.1, 0.15) is 28.5 Å². The number of nitrogens with one attached hydrogen (secondary N) is 1. The molecule has 1 aromatic heterocycles. The maximum atomic E-state index is 14.6. The van der Waals surface area contributed by atoms with Crippen LogP contribution in [0.15, 0.2) is 58.1 Å². The van der Waals surface area contributed by atoms with Gasteiger partial charge in [-0.25, -0.2) is 17.2 Å². The van der Waals surface area contributed by atoms with Crippen molar-refractivity contribution in [1.29, 1.82) is 0 Å². The van der Waals surface area contributed by atoms with Crippen LogP contribution in [0.2, 0.25) is 0 Å². The number of likely N-dealkylation sites (tertiary alicyclic amines) is 1. The third-order valence-corrected chi connectivity index (χ3v) is 6.77. The number of benzene rings is 2. The lowest BCUT2D eigenvalue weighted by Crippen LogP contribution is -2.36. The van der Waals surface area contributed by atoms with Gasteiger partial charge >= 0.3 is 0 Å². The molecule has 3 aromatic rings. The third-order valence-electron chi connectivity index (χ3n) is 5.08. The second-order valence-corrected chi connectivity index (χ2v) is 9.20. The second kappa shape index (κ2) is 8.53. The number of halogens is 2. The highest BCUT2D eigenvalue weighted by Crippen LogP contribution is 2.27. The molecule has 6 nitrogen and oxygen atoms in total. The van der Waals surface area contributed by atoms with E-state index in [1.807, 2.05) is 24.3 Å². The maximum absolute atomic E-state index is 14.6. The average Bonchev–Trinajstić information content (AvgIpc) is 3.15. The van der Waals surface area contributed by atoms with Crippen molar-refractivity contribution in [2.24, 2.45) is 0 Å². The molecule has 0 radical (unpaired) electrons. The minimum Gasteiger partial charge on any atom is -0.381 e. The Balaban J connectivity index is 1.50. The van der Waals surface area contributed by atoms with Crippen molar-refractivity contribution in [1.82, 2.24) is 10.1 Å². The van der Waals surface area contributed by atoms with Crippen LogP contribution >= 0.6 is 0 Å². The van der Waals surface area contributed by atoms with Crippen LogP contribution in [0.1, 0.15) is 23.2 Å². The first-order valence-electron chi connectivity index (χ1n) is 9.56. The average molecular weight is 433 g/mol. The van der Waals surface area contributed by atoms with Gasteiger partial charge in [-0.3, -0.25) is 4.90 Å². The molecule has 30 heavy (non-hydrogen) atoms. The third kappa shape index (κ3) is 4.52. The normalized spacial score (nSPS) is 14.5. The molecule has 0 spiro atoms. The highest BCUT2D eigenvalue weighted by atomic mass is 32.2. The van der Waals surface area contributed by atoms with Gasteiger partial charge in [-0.1, -0.05) is 29.4 Å². The SMILES string of the molecule is O=S(=O)(Cc1ccon1)c1c(F)cc(NCc2ccccc2CN2CCC2)cc1F. The first-order valence-corrected chi connectivity index (χ1v) is 11.2. The largest absolute Gasteiger partial charge is 0.381 e. The zero-order valence-corrected chi connectivity index (χ0v) is 17.0. The minimum absolute atomic E-state index is 0.0785. The Morgan fingerprint density at radius 3 is 2.37 bits per heavy atom. The summed E-state index contributed by atoms with van der Waals surface area (Å²) in [7, 11) is -4.25. The molecule has 9 heteroatoms. The number of sulfone groups is 1. The topological polar surface area (TPSA) is 75.4 Å². The highest BCUT2D eigenvalue weighted by Gasteiger charge is 2.26. The molecule has 0 atom stereocenters. The van der Waals surface area contributed by atoms with Crippen molar-refractivity contribution in [3.8, 4) is 0 Å². The molecule has 1 saturated heterocycles. The summed E-state index contributed by atoms with van der Waals surface area (Å²) >= 11 is 0. The van der Waals surface area contributed by atoms with Gasteiger partial charge in [0.05, 0.1) is 5.69 Å². The Kier molecular flexibility index (Phi) is 5.83. The van der Waals surface area contributed by atoms with Gasteiger partial charge in [0.15, 0.2) is 9.84 Å². The van der Waals surface area contributed by atoms with Crippen LogP contribution in [0.25, 0.3) is 0 Å². The summed E-state index contributed by atoms with van der Waals surface area (Å²) in [6.07, 6.45) is 2.40. The van der Waals surface area contributed by atoms with Gasteiger partial charge in [-0.2, -0.15) is 0 Å². The summed E-state index contributed by atoms with van der Waals surface area (Å²) in [5.41, 5.74) is 2.42. The number of aromatic nitrogens is 1. The molecule has 1 aliphatic heterocycles. The summed E-state index contributed by atoms with van der Waals surface area (Å²) < 4.78 is 58.5. The molecule has 0 amide bonds. The van der Waals surface area contributed by atoms with Crippen molar-refractivity contribution in [3.05, 3.63) is 77.2 Å². The van der Waals surface area contributed by atoms with E-state index in [1.54, 1.807) is 0 Å². The van der Waals surface area contributed by atoms with Gasteiger partial charge in [0.25, 0.3) is 0 Å². The number of rotatable bonds is 8. The van der Waals surface area contributed by atoms with E-state index in [2.05, 4.69) is 19.9 Å². The second-order valence-electron chi connectivity index (χ2n) is 7.27. The number of hydrogen-bond donors (Lipinski definition) is 1. The summed E-state index contributed by atoms with van der Waals surface area (Å²) in [5.74, 6) is -2.93. The zero-order chi connectivity index (χ0) is 21.1. The van der Waals surface area contributed by atoms with Crippen LogP contribution in [0.5, 0.6) is 0 Å². The lowest BCUT2D eigenvalue weighted by molar-refractivity contribution is 0.172. The van der Waals surface area contributed by atoms with Gasteiger partial charge in [0, 0.05) is 24.8 Å². The summed E-state index contributed by atoms with van der Waals surface area (Å²) in [6.45, 7) is 3.35. The highest BCUT2D eigenvalue weighted by molar-refractivity contribution is 7.90. The first-order chi connectivity index (χ1) is 14.4. The van der Waals surface area contributed by atoms with E-state index in [1.165, 1.54) is 18.8 Å². The molecule has 1 N–H and O–H groups in total. The van der Waals surface area contributed by atoms with Gasteiger partial charge in [0.2, 0.25) is 0 Å². The molecule has 2 heterocycles. The molecule has 2 aromatic carbocycles. The molecular weight excluding hydrogens is 412 g/mol. The van der Waals surface area contributed by atoms with Gasteiger partial charge in [-0.15, -0.1) is 0 Å². The van der Waals surface area contributed by atoms with Crippen molar-refractivity contribution < 1.29 is 21.7 Å². The summed E-state index contributed by atoms with van der Waals surface area (Å²) in [4.78, 5) is 1.36. The molecule has 0 unspecified atom stereocenters. The molecule has 1 fully saturated rings. The maximum Gasteiger partial charge on any atom is 0.190 e. The van der Waals surface area contributed by atoms with E-state index < -0.39 is 32.1 Å². The van der Waals surface area contributed by atoms with Crippen LogP contribution in [0, 0.1) is 11.6 Å². The predicted octanol–water partition coefficient (Wildman–Crippen LogP) is 3.74. The molecule has 0 saturated carbocycles. The Morgan fingerprint density at radius 1 is 1.07 bits per heavy atom. The smallest absolute Gasteiger partial charge is 0.190 e. The quantitative estimate of drug-likeness (QED) is 0.583. The van der Waals surface area contributed by atoms with Crippen LogP contribution in [0.4, 0.5) is 14.5 Å². The van der Waals surface area contributed by atoms with E-state index in [4.69, 9.17) is 0 Å². The Morgan fingerprint density at radius 2 is 1.77 bits per heavy atom. The van der Waals surface area contributed by atoms with Crippen molar-refractivity contribution >= 4 is 15.5 Å². The fourth-order valence-corrected chi connectivity index (χ4v) is 4.79. The van der Waals surface area contributed by atoms with Crippen LogP contribution in [-0.2, 0) is 28.7 Å². The van der Waals surface area contributed by atoms with E-state index in [-0.39, 0.29) is 11.4 Å². The minimum atomic E-state index is -4.25.